The average molecular weight is 301 g/mol. The third kappa shape index (κ3) is 2.12. The van der Waals surface area contributed by atoms with Gasteiger partial charge in [-0.3, -0.25) is 4.40 Å². The van der Waals surface area contributed by atoms with Crippen LogP contribution in [0.1, 0.15) is 19.8 Å². The zero-order valence-electron chi connectivity index (χ0n) is 10.3. The Labute approximate surface area is 114 Å². The van der Waals surface area contributed by atoms with E-state index < -0.39 is 10.0 Å². The second kappa shape index (κ2) is 4.44. The highest BCUT2D eigenvalue weighted by molar-refractivity contribution is 7.89. The summed E-state index contributed by atoms with van der Waals surface area (Å²) in [6.45, 7) is 2.10. The highest BCUT2D eigenvalue weighted by Crippen LogP contribution is 2.30. The first kappa shape index (κ1) is 12.9. The Hall–Kier alpha value is -1.16. The van der Waals surface area contributed by atoms with Gasteiger partial charge in [0.05, 0.1) is 0 Å². The van der Waals surface area contributed by atoms with Crippen LogP contribution in [0.4, 0.5) is 5.82 Å². The molecule has 2 aromatic heterocycles. The normalized spacial score (nSPS) is 23.5. The number of thiazole rings is 1. The fourth-order valence-electron chi connectivity index (χ4n) is 2.39. The summed E-state index contributed by atoms with van der Waals surface area (Å²) in [6, 6.07) is 0.00908. The standard InChI is InChI=1S/C10H15N5O2S2/c1-6-4-7(5-6)14-19(16,17)9-8(13-11)12-10-15(9)2-3-18-10/h2-3,6-7,13-14H,4-5,11H2,1H3. The van der Waals surface area contributed by atoms with Crippen molar-refractivity contribution in [1.82, 2.24) is 14.1 Å². The molecule has 1 saturated carbocycles. The van der Waals surface area contributed by atoms with E-state index in [0.717, 1.165) is 12.8 Å². The maximum atomic E-state index is 12.4. The third-order valence-corrected chi connectivity index (χ3v) is 5.60. The van der Waals surface area contributed by atoms with E-state index in [0.29, 0.717) is 10.9 Å². The number of fused-ring (bicyclic) bond motifs is 1. The molecule has 0 amide bonds. The van der Waals surface area contributed by atoms with Gasteiger partial charge in [-0.1, -0.05) is 6.92 Å². The van der Waals surface area contributed by atoms with Gasteiger partial charge in [0, 0.05) is 17.6 Å². The smallest absolute Gasteiger partial charge is 0.260 e. The van der Waals surface area contributed by atoms with Gasteiger partial charge in [-0.25, -0.2) is 19.0 Å². The number of nitrogen functional groups attached to an aromatic ring is 1. The number of imidazole rings is 1. The molecule has 19 heavy (non-hydrogen) atoms. The molecule has 0 radical (unpaired) electrons. The lowest BCUT2D eigenvalue weighted by atomic mass is 9.83. The summed E-state index contributed by atoms with van der Waals surface area (Å²) >= 11 is 1.36. The van der Waals surface area contributed by atoms with E-state index in [2.05, 4.69) is 22.1 Å². The van der Waals surface area contributed by atoms with Gasteiger partial charge in [0.2, 0.25) is 5.03 Å². The molecule has 0 bridgehead atoms. The van der Waals surface area contributed by atoms with Crippen LogP contribution < -0.4 is 16.0 Å². The van der Waals surface area contributed by atoms with Crippen molar-refractivity contribution in [3.63, 3.8) is 0 Å². The van der Waals surface area contributed by atoms with E-state index in [9.17, 15) is 8.42 Å². The summed E-state index contributed by atoms with van der Waals surface area (Å²) < 4.78 is 29.1. The van der Waals surface area contributed by atoms with Gasteiger partial charge in [0.25, 0.3) is 10.0 Å². The fourth-order valence-corrected chi connectivity index (χ4v) is 4.67. The molecule has 2 heterocycles. The molecule has 4 N–H and O–H groups in total. The Morgan fingerprint density at radius 2 is 2.26 bits per heavy atom. The van der Waals surface area contributed by atoms with Gasteiger partial charge in [-0.15, -0.1) is 11.3 Å². The molecule has 0 saturated heterocycles. The molecule has 0 aromatic carbocycles. The summed E-state index contributed by atoms with van der Waals surface area (Å²) in [4.78, 5) is 4.74. The largest absolute Gasteiger partial charge is 0.306 e. The lowest BCUT2D eigenvalue weighted by Gasteiger charge is -2.32. The molecule has 7 nitrogen and oxygen atoms in total. The number of hydrogen-bond donors (Lipinski definition) is 3. The first-order valence-electron chi connectivity index (χ1n) is 5.96. The van der Waals surface area contributed by atoms with E-state index >= 15 is 0 Å². The predicted octanol–water partition coefficient (Wildman–Crippen LogP) is 0.758. The molecule has 0 spiro atoms. The molecule has 1 fully saturated rings. The van der Waals surface area contributed by atoms with Gasteiger partial charge in [-0.2, -0.15) is 4.98 Å². The van der Waals surface area contributed by atoms with Crippen LogP contribution in [0.2, 0.25) is 0 Å². The highest BCUT2D eigenvalue weighted by Gasteiger charge is 2.33. The Morgan fingerprint density at radius 3 is 2.89 bits per heavy atom. The highest BCUT2D eigenvalue weighted by atomic mass is 32.2. The molecular weight excluding hydrogens is 286 g/mol. The maximum absolute atomic E-state index is 12.4. The van der Waals surface area contributed by atoms with E-state index in [1.165, 1.54) is 15.7 Å². The van der Waals surface area contributed by atoms with E-state index in [4.69, 9.17) is 5.84 Å². The number of nitrogens with one attached hydrogen (secondary N) is 2. The van der Waals surface area contributed by atoms with Crippen molar-refractivity contribution in [1.29, 1.82) is 0 Å². The van der Waals surface area contributed by atoms with Crippen LogP contribution in [-0.2, 0) is 10.0 Å². The number of rotatable bonds is 4. The van der Waals surface area contributed by atoms with E-state index in [1.807, 2.05) is 0 Å². The Kier molecular flexibility index (Phi) is 3.01. The first-order chi connectivity index (χ1) is 9.01. The fraction of sp³-hybridized carbons (Fsp3) is 0.500. The number of hydrazine groups is 1. The molecule has 1 aliphatic rings. The number of aromatic nitrogens is 2. The second-order valence-corrected chi connectivity index (χ2v) is 7.36. The van der Waals surface area contributed by atoms with Crippen LogP contribution in [-0.4, -0.2) is 23.8 Å². The molecule has 0 aliphatic heterocycles. The number of nitrogens with zero attached hydrogens (tertiary/aromatic N) is 2. The Bertz CT molecular complexity index is 699. The predicted molar refractivity (Wildman–Crippen MR) is 73.4 cm³/mol. The van der Waals surface area contributed by atoms with Crippen molar-refractivity contribution in [2.75, 3.05) is 5.43 Å². The molecular formula is C10H15N5O2S2. The number of hydrogen-bond acceptors (Lipinski definition) is 6. The molecule has 0 atom stereocenters. The molecule has 1 aliphatic carbocycles. The zero-order valence-corrected chi connectivity index (χ0v) is 12.0. The van der Waals surface area contributed by atoms with Gasteiger partial charge in [0.1, 0.15) is 0 Å². The van der Waals surface area contributed by atoms with Crippen molar-refractivity contribution >= 4 is 32.1 Å². The zero-order chi connectivity index (χ0) is 13.6. The summed E-state index contributed by atoms with van der Waals surface area (Å²) in [5.41, 5.74) is 2.35. The molecule has 3 rings (SSSR count). The Morgan fingerprint density at radius 1 is 1.53 bits per heavy atom. The summed E-state index contributed by atoms with van der Waals surface area (Å²) in [5, 5.41) is 1.86. The number of sulfonamides is 1. The van der Waals surface area contributed by atoms with Crippen LogP contribution in [0.3, 0.4) is 0 Å². The van der Waals surface area contributed by atoms with Crippen LogP contribution in [0.25, 0.3) is 4.96 Å². The maximum Gasteiger partial charge on any atom is 0.260 e. The quantitative estimate of drug-likeness (QED) is 0.571. The lowest BCUT2D eigenvalue weighted by molar-refractivity contribution is 0.270. The third-order valence-electron chi connectivity index (χ3n) is 3.31. The van der Waals surface area contributed by atoms with Crippen molar-refractivity contribution in [2.24, 2.45) is 11.8 Å². The molecule has 2 aromatic rings. The monoisotopic (exact) mass is 301 g/mol. The minimum absolute atomic E-state index is 0.00908. The van der Waals surface area contributed by atoms with Gasteiger partial charge in [-0.05, 0) is 18.8 Å². The van der Waals surface area contributed by atoms with Crippen LogP contribution >= 0.6 is 11.3 Å². The minimum atomic E-state index is -3.63. The summed E-state index contributed by atoms with van der Waals surface area (Å²) in [6.07, 6.45) is 3.41. The van der Waals surface area contributed by atoms with Crippen molar-refractivity contribution in [3.05, 3.63) is 11.6 Å². The molecule has 0 unspecified atom stereocenters. The van der Waals surface area contributed by atoms with Gasteiger partial charge in [0.15, 0.2) is 10.8 Å². The van der Waals surface area contributed by atoms with E-state index in [1.54, 1.807) is 11.6 Å². The summed E-state index contributed by atoms with van der Waals surface area (Å²) in [7, 11) is -3.63. The topological polar surface area (TPSA) is 102 Å². The number of anilines is 1. The van der Waals surface area contributed by atoms with Gasteiger partial charge >= 0.3 is 0 Å². The van der Waals surface area contributed by atoms with Crippen molar-refractivity contribution < 1.29 is 8.42 Å². The second-order valence-electron chi connectivity index (χ2n) is 4.86. The summed E-state index contributed by atoms with van der Waals surface area (Å²) in [5.74, 6) is 6.10. The van der Waals surface area contributed by atoms with Crippen LogP contribution in [0.5, 0.6) is 0 Å². The van der Waals surface area contributed by atoms with E-state index in [-0.39, 0.29) is 16.9 Å². The average Bonchev–Trinajstić information content (AvgIpc) is 2.84. The van der Waals surface area contributed by atoms with Gasteiger partial charge < -0.3 is 5.43 Å². The van der Waals surface area contributed by atoms with Crippen molar-refractivity contribution in [2.45, 2.75) is 30.8 Å². The molecule has 9 heteroatoms. The Balaban J connectivity index is 1.99. The first-order valence-corrected chi connectivity index (χ1v) is 8.32. The van der Waals surface area contributed by atoms with Crippen LogP contribution in [0, 0.1) is 5.92 Å². The SMILES string of the molecule is CC1CC(NS(=O)(=O)c2c(NN)nc3sccn23)C1. The van der Waals surface area contributed by atoms with Crippen molar-refractivity contribution in [3.8, 4) is 0 Å². The van der Waals surface area contributed by atoms with Crippen LogP contribution in [0.15, 0.2) is 16.6 Å². The molecule has 104 valence electrons. The minimum Gasteiger partial charge on any atom is -0.306 e. The lowest BCUT2D eigenvalue weighted by Crippen LogP contribution is -2.43. The number of nitrogens with two attached hydrogens (primary N) is 1.